The molecule has 2 aromatic carbocycles. The van der Waals surface area contributed by atoms with E-state index >= 15 is 0 Å². The van der Waals surface area contributed by atoms with Gasteiger partial charge in [-0.3, -0.25) is 0 Å². The van der Waals surface area contributed by atoms with Gasteiger partial charge >= 0.3 is 0 Å². The number of hydrogen-bond donors (Lipinski definition) is 0. The number of ether oxygens (including phenoxy) is 2. The van der Waals surface area contributed by atoms with Crippen molar-refractivity contribution in [2.45, 2.75) is 31.5 Å². The van der Waals surface area contributed by atoms with Crippen molar-refractivity contribution in [1.82, 2.24) is 0 Å². The van der Waals surface area contributed by atoms with Gasteiger partial charge in [-0.05, 0) is 24.5 Å². The molecule has 1 saturated heterocycles. The molecular formula is C19H20O3. The van der Waals surface area contributed by atoms with Gasteiger partial charge in [-0.1, -0.05) is 48.5 Å². The molecule has 2 aromatic rings. The van der Waals surface area contributed by atoms with Crippen LogP contribution in [0.1, 0.15) is 36.3 Å². The molecule has 0 spiro atoms. The maximum absolute atomic E-state index is 11.7. The summed E-state index contributed by atoms with van der Waals surface area (Å²) < 4.78 is 11.7. The zero-order valence-corrected chi connectivity index (χ0v) is 12.5. The van der Waals surface area contributed by atoms with Crippen LogP contribution in [0.15, 0.2) is 54.6 Å². The zero-order chi connectivity index (χ0) is 15.2. The second-order valence-corrected chi connectivity index (χ2v) is 5.48. The van der Waals surface area contributed by atoms with Crippen molar-refractivity contribution in [2.24, 2.45) is 0 Å². The molecule has 1 aliphatic rings. The van der Waals surface area contributed by atoms with Crippen molar-refractivity contribution in [2.75, 3.05) is 6.61 Å². The third-order valence-corrected chi connectivity index (χ3v) is 3.95. The summed E-state index contributed by atoms with van der Waals surface area (Å²) >= 11 is 0. The van der Waals surface area contributed by atoms with E-state index in [1.165, 1.54) is 0 Å². The lowest BCUT2D eigenvalue weighted by Gasteiger charge is -2.25. The van der Waals surface area contributed by atoms with Gasteiger partial charge in [0.05, 0.1) is 12.5 Å². The highest BCUT2D eigenvalue weighted by Crippen LogP contribution is 2.32. The lowest BCUT2D eigenvalue weighted by atomic mass is 9.92. The SMILES string of the molecule is O=CC(c1ccccc1)c1ccccc1OC1CCCCO1. The van der Waals surface area contributed by atoms with Gasteiger partial charge in [-0.25, -0.2) is 0 Å². The molecule has 2 unspecified atom stereocenters. The van der Waals surface area contributed by atoms with E-state index < -0.39 is 0 Å². The topological polar surface area (TPSA) is 35.5 Å². The molecule has 0 aromatic heterocycles. The molecule has 114 valence electrons. The van der Waals surface area contributed by atoms with Crippen LogP contribution < -0.4 is 4.74 Å². The van der Waals surface area contributed by atoms with Crippen LogP contribution in [0.3, 0.4) is 0 Å². The summed E-state index contributed by atoms with van der Waals surface area (Å²) in [6.07, 6.45) is 3.86. The molecule has 3 nitrogen and oxygen atoms in total. The van der Waals surface area contributed by atoms with E-state index in [0.29, 0.717) is 0 Å². The van der Waals surface area contributed by atoms with Gasteiger partial charge in [0.25, 0.3) is 0 Å². The standard InChI is InChI=1S/C19H20O3/c20-14-17(15-8-2-1-3-9-15)16-10-4-5-11-18(16)22-19-12-6-7-13-21-19/h1-5,8-11,14,17,19H,6-7,12-13H2. The van der Waals surface area contributed by atoms with Gasteiger partial charge < -0.3 is 14.3 Å². The Morgan fingerprint density at radius 3 is 2.55 bits per heavy atom. The van der Waals surface area contributed by atoms with Crippen molar-refractivity contribution in [3.05, 3.63) is 65.7 Å². The lowest BCUT2D eigenvalue weighted by molar-refractivity contribution is -0.110. The molecule has 3 heteroatoms. The van der Waals surface area contributed by atoms with E-state index in [1.807, 2.05) is 54.6 Å². The Bertz CT molecular complexity index is 603. The van der Waals surface area contributed by atoms with Crippen LogP contribution >= 0.6 is 0 Å². The van der Waals surface area contributed by atoms with Crippen molar-refractivity contribution in [1.29, 1.82) is 0 Å². The number of carbonyl (C=O) groups is 1. The molecule has 2 atom stereocenters. The van der Waals surface area contributed by atoms with Crippen LogP contribution in [-0.2, 0) is 9.53 Å². The first-order chi connectivity index (χ1) is 10.9. The van der Waals surface area contributed by atoms with Crippen LogP contribution in [0, 0.1) is 0 Å². The summed E-state index contributed by atoms with van der Waals surface area (Å²) in [4.78, 5) is 11.7. The quantitative estimate of drug-likeness (QED) is 0.784. The Hall–Kier alpha value is -2.13. The van der Waals surface area contributed by atoms with Crippen LogP contribution in [0.25, 0.3) is 0 Å². The van der Waals surface area contributed by atoms with E-state index in [2.05, 4.69) is 0 Å². The number of aldehydes is 1. The molecule has 22 heavy (non-hydrogen) atoms. The summed E-state index contributed by atoms with van der Waals surface area (Å²) in [7, 11) is 0. The monoisotopic (exact) mass is 296 g/mol. The third-order valence-electron chi connectivity index (χ3n) is 3.95. The van der Waals surface area contributed by atoms with E-state index in [4.69, 9.17) is 9.47 Å². The second kappa shape index (κ2) is 7.23. The van der Waals surface area contributed by atoms with Crippen molar-refractivity contribution >= 4 is 6.29 Å². The van der Waals surface area contributed by atoms with Gasteiger partial charge in [0.2, 0.25) is 0 Å². The first kappa shape index (κ1) is 14.8. The van der Waals surface area contributed by atoms with Crippen LogP contribution in [0.4, 0.5) is 0 Å². The smallest absolute Gasteiger partial charge is 0.199 e. The molecular weight excluding hydrogens is 276 g/mol. The lowest BCUT2D eigenvalue weighted by Crippen LogP contribution is -2.25. The molecule has 0 saturated carbocycles. The maximum Gasteiger partial charge on any atom is 0.199 e. The molecule has 0 N–H and O–H groups in total. The first-order valence-corrected chi connectivity index (χ1v) is 7.76. The Kier molecular flexibility index (Phi) is 4.86. The highest BCUT2D eigenvalue weighted by atomic mass is 16.7. The van der Waals surface area contributed by atoms with E-state index in [0.717, 1.165) is 49.0 Å². The van der Waals surface area contributed by atoms with Gasteiger partial charge in [-0.2, -0.15) is 0 Å². The molecule has 0 radical (unpaired) electrons. The second-order valence-electron chi connectivity index (χ2n) is 5.48. The molecule has 1 aliphatic heterocycles. The summed E-state index contributed by atoms with van der Waals surface area (Å²) in [6.45, 7) is 0.739. The number of carbonyl (C=O) groups excluding carboxylic acids is 1. The van der Waals surface area contributed by atoms with E-state index in [-0.39, 0.29) is 12.2 Å². The van der Waals surface area contributed by atoms with Crippen molar-refractivity contribution < 1.29 is 14.3 Å². The summed E-state index contributed by atoms with van der Waals surface area (Å²) in [5, 5.41) is 0. The first-order valence-electron chi connectivity index (χ1n) is 7.76. The van der Waals surface area contributed by atoms with E-state index in [1.54, 1.807) is 0 Å². The molecule has 0 aliphatic carbocycles. The number of hydrogen-bond acceptors (Lipinski definition) is 3. The fourth-order valence-electron chi connectivity index (χ4n) is 2.78. The van der Waals surface area contributed by atoms with Gasteiger partial charge in [0.1, 0.15) is 12.0 Å². The van der Waals surface area contributed by atoms with Gasteiger partial charge in [-0.15, -0.1) is 0 Å². The minimum absolute atomic E-state index is 0.210. The van der Waals surface area contributed by atoms with Crippen LogP contribution in [0.5, 0.6) is 5.75 Å². The van der Waals surface area contributed by atoms with Crippen molar-refractivity contribution in [3.63, 3.8) is 0 Å². The van der Waals surface area contributed by atoms with Crippen LogP contribution in [0.2, 0.25) is 0 Å². The Labute approximate surface area is 130 Å². The number of benzene rings is 2. The van der Waals surface area contributed by atoms with Gasteiger partial charge in [0, 0.05) is 12.0 Å². The zero-order valence-electron chi connectivity index (χ0n) is 12.5. The number of rotatable bonds is 5. The Morgan fingerprint density at radius 2 is 1.82 bits per heavy atom. The van der Waals surface area contributed by atoms with E-state index in [9.17, 15) is 4.79 Å². The van der Waals surface area contributed by atoms with Crippen molar-refractivity contribution in [3.8, 4) is 5.75 Å². The molecule has 3 rings (SSSR count). The predicted octanol–water partition coefficient (Wildman–Crippen LogP) is 3.92. The minimum Gasteiger partial charge on any atom is -0.465 e. The Morgan fingerprint density at radius 1 is 1.05 bits per heavy atom. The minimum atomic E-state index is -0.319. The average molecular weight is 296 g/mol. The predicted molar refractivity (Wildman–Crippen MR) is 85.0 cm³/mol. The average Bonchev–Trinajstić information content (AvgIpc) is 2.59. The fourth-order valence-corrected chi connectivity index (χ4v) is 2.78. The molecule has 1 fully saturated rings. The Balaban J connectivity index is 1.87. The summed E-state index contributed by atoms with van der Waals surface area (Å²) in [6, 6.07) is 17.5. The summed E-state index contributed by atoms with van der Waals surface area (Å²) in [5.41, 5.74) is 1.86. The van der Waals surface area contributed by atoms with Gasteiger partial charge in [0.15, 0.2) is 6.29 Å². The van der Waals surface area contributed by atoms with Crippen LogP contribution in [-0.4, -0.2) is 19.2 Å². The largest absolute Gasteiger partial charge is 0.465 e. The molecule has 0 bridgehead atoms. The summed E-state index contributed by atoms with van der Waals surface area (Å²) in [5.74, 6) is 0.413. The normalized spacial score (nSPS) is 19.4. The maximum atomic E-state index is 11.7. The molecule has 1 heterocycles. The number of para-hydroxylation sites is 1. The fraction of sp³-hybridized carbons (Fsp3) is 0.316. The molecule has 0 amide bonds. The highest BCUT2D eigenvalue weighted by molar-refractivity contribution is 5.70. The third kappa shape index (κ3) is 3.37. The highest BCUT2D eigenvalue weighted by Gasteiger charge is 2.21.